The first-order valence-electron chi connectivity index (χ1n) is 4.46. The van der Waals surface area contributed by atoms with E-state index in [9.17, 15) is 0 Å². The van der Waals surface area contributed by atoms with Gasteiger partial charge in [0.15, 0.2) is 16.6 Å². The number of rotatable bonds is 4. The van der Waals surface area contributed by atoms with E-state index in [0.29, 0.717) is 0 Å². The summed E-state index contributed by atoms with van der Waals surface area (Å²) in [7, 11) is -4.05. The molecule has 0 saturated heterocycles. The van der Waals surface area contributed by atoms with Crippen LogP contribution in [0.2, 0.25) is 45.8 Å². The molecule has 0 spiro atoms. The van der Waals surface area contributed by atoms with E-state index in [-0.39, 0.29) is 5.48 Å². The van der Waals surface area contributed by atoms with E-state index in [4.69, 9.17) is 8.23 Å². The summed E-state index contributed by atoms with van der Waals surface area (Å²) in [4.78, 5) is 0. The van der Waals surface area contributed by atoms with Gasteiger partial charge in [0.1, 0.15) is 0 Å². The third-order valence-electron chi connectivity index (χ3n) is 1.04. The van der Waals surface area contributed by atoms with Crippen LogP contribution in [-0.2, 0) is 8.23 Å². The van der Waals surface area contributed by atoms with E-state index in [0.717, 1.165) is 0 Å². The van der Waals surface area contributed by atoms with Crippen molar-refractivity contribution in [2.75, 3.05) is 0 Å². The lowest BCUT2D eigenvalue weighted by Gasteiger charge is -2.28. The van der Waals surface area contributed by atoms with Gasteiger partial charge in [0.05, 0.1) is 0 Å². The SMILES string of the molecule is C[SiH](O[Si](C)(C)C)O[Si](C)(C)C.O. The Morgan fingerprint density at radius 1 is 0.769 bits per heavy atom. The zero-order valence-electron chi connectivity index (χ0n) is 9.89. The molecular weight excluding hydrogens is 216 g/mol. The first-order valence-corrected chi connectivity index (χ1v) is 13.4. The lowest BCUT2D eigenvalue weighted by atomic mass is 11.8. The standard InChI is InChI=1S/C7H22O2Si3.H2O/c1-10(8-11(2,3)4)9-12(5,6)7;/h10H,1-7H3;1H2. The molecule has 0 radical (unpaired) electrons. The Bertz CT molecular complexity index is 123. The summed E-state index contributed by atoms with van der Waals surface area (Å²) in [6.45, 7) is 15.4. The molecule has 0 unspecified atom stereocenters. The molecule has 82 valence electrons. The van der Waals surface area contributed by atoms with E-state index in [1.807, 2.05) is 0 Å². The fourth-order valence-electron chi connectivity index (χ4n) is 1.02. The molecule has 0 atom stereocenters. The molecule has 0 amide bonds. The molecule has 0 aromatic heterocycles. The lowest BCUT2D eigenvalue weighted by Crippen LogP contribution is -2.41. The van der Waals surface area contributed by atoms with Crippen LogP contribution in [0, 0.1) is 0 Å². The van der Waals surface area contributed by atoms with Gasteiger partial charge < -0.3 is 13.7 Å². The van der Waals surface area contributed by atoms with Crippen molar-refractivity contribution in [1.82, 2.24) is 0 Å². The fourth-order valence-corrected chi connectivity index (χ4v) is 9.61. The molecule has 0 bridgehead atoms. The minimum absolute atomic E-state index is 0. The van der Waals surface area contributed by atoms with E-state index < -0.39 is 25.9 Å². The highest BCUT2D eigenvalue weighted by atomic mass is 28.4. The summed E-state index contributed by atoms with van der Waals surface area (Å²) in [6, 6.07) is 0. The topological polar surface area (TPSA) is 50.0 Å². The molecular formula is C7H24O3Si3. The van der Waals surface area contributed by atoms with E-state index in [2.05, 4.69) is 45.8 Å². The smallest absolute Gasteiger partial charge is 0.297 e. The van der Waals surface area contributed by atoms with Gasteiger partial charge in [-0.25, -0.2) is 0 Å². The monoisotopic (exact) mass is 240 g/mol. The largest absolute Gasteiger partial charge is 0.439 e. The molecule has 2 N–H and O–H groups in total. The van der Waals surface area contributed by atoms with Crippen molar-refractivity contribution in [2.24, 2.45) is 0 Å². The predicted molar refractivity (Wildman–Crippen MR) is 65.5 cm³/mol. The molecule has 0 fully saturated rings. The summed E-state index contributed by atoms with van der Waals surface area (Å²) >= 11 is 0. The Morgan fingerprint density at radius 2 is 1.00 bits per heavy atom. The van der Waals surface area contributed by atoms with Gasteiger partial charge in [0.2, 0.25) is 0 Å². The maximum absolute atomic E-state index is 5.90. The van der Waals surface area contributed by atoms with Gasteiger partial charge in [-0.15, -0.1) is 0 Å². The molecule has 0 rings (SSSR count). The van der Waals surface area contributed by atoms with Crippen molar-refractivity contribution in [3.05, 3.63) is 0 Å². The summed E-state index contributed by atoms with van der Waals surface area (Å²) in [5, 5.41) is 0. The van der Waals surface area contributed by atoms with Crippen LogP contribution in [0.25, 0.3) is 0 Å². The summed E-state index contributed by atoms with van der Waals surface area (Å²) in [5.41, 5.74) is 0. The van der Waals surface area contributed by atoms with Gasteiger partial charge in [0, 0.05) is 0 Å². The zero-order chi connectivity index (χ0) is 9.99. The Hall–Kier alpha value is 0.531. The Labute approximate surface area is 85.9 Å². The highest BCUT2D eigenvalue weighted by Gasteiger charge is 2.24. The predicted octanol–water partition coefficient (Wildman–Crippen LogP) is 1.71. The fraction of sp³-hybridized carbons (Fsp3) is 1.00. The quantitative estimate of drug-likeness (QED) is 0.703. The minimum atomic E-state index is -1.36. The first-order chi connectivity index (χ1) is 5.10. The van der Waals surface area contributed by atoms with Crippen LogP contribution in [0.3, 0.4) is 0 Å². The summed E-state index contributed by atoms with van der Waals surface area (Å²) < 4.78 is 11.8. The van der Waals surface area contributed by atoms with Crippen LogP contribution in [-0.4, -0.2) is 31.4 Å². The van der Waals surface area contributed by atoms with Crippen LogP contribution in [0.5, 0.6) is 0 Å². The number of hydrogen-bond acceptors (Lipinski definition) is 2. The second-order valence-corrected chi connectivity index (χ2v) is 16.5. The molecule has 6 heteroatoms. The second-order valence-electron chi connectivity index (χ2n) is 5.03. The minimum Gasteiger partial charge on any atom is -0.439 e. The van der Waals surface area contributed by atoms with Crippen molar-refractivity contribution >= 4 is 25.9 Å². The first kappa shape index (κ1) is 16.0. The normalized spacial score (nSPS) is 12.9. The van der Waals surface area contributed by atoms with Crippen molar-refractivity contribution in [3.63, 3.8) is 0 Å². The van der Waals surface area contributed by atoms with E-state index in [1.54, 1.807) is 0 Å². The van der Waals surface area contributed by atoms with Gasteiger partial charge in [-0.1, -0.05) is 0 Å². The third kappa shape index (κ3) is 12.5. The lowest BCUT2D eigenvalue weighted by molar-refractivity contribution is 0.428. The Morgan fingerprint density at radius 3 is 1.15 bits per heavy atom. The second kappa shape index (κ2) is 5.42. The average molecular weight is 241 g/mol. The van der Waals surface area contributed by atoms with Gasteiger partial charge in [0.25, 0.3) is 9.28 Å². The van der Waals surface area contributed by atoms with Crippen molar-refractivity contribution in [2.45, 2.75) is 45.8 Å². The molecule has 0 aromatic rings. The molecule has 0 aliphatic carbocycles. The van der Waals surface area contributed by atoms with Crippen molar-refractivity contribution < 1.29 is 13.7 Å². The maximum atomic E-state index is 5.90. The number of hydrogen-bond donors (Lipinski definition) is 0. The molecule has 13 heavy (non-hydrogen) atoms. The van der Waals surface area contributed by atoms with Crippen LogP contribution < -0.4 is 0 Å². The van der Waals surface area contributed by atoms with E-state index >= 15 is 0 Å². The molecule has 0 saturated carbocycles. The van der Waals surface area contributed by atoms with Crippen LogP contribution in [0.1, 0.15) is 0 Å². The van der Waals surface area contributed by atoms with Crippen LogP contribution in [0.4, 0.5) is 0 Å². The van der Waals surface area contributed by atoms with Gasteiger partial charge in [-0.3, -0.25) is 0 Å². The molecule has 3 nitrogen and oxygen atoms in total. The van der Waals surface area contributed by atoms with Crippen molar-refractivity contribution in [1.29, 1.82) is 0 Å². The Balaban J connectivity index is 0. The van der Waals surface area contributed by atoms with E-state index in [1.165, 1.54) is 0 Å². The molecule has 0 aliphatic rings. The van der Waals surface area contributed by atoms with Crippen LogP contribution >= 0.6 is 0 Å². The van der Waals surface area contributed by atoms with Crippen molar-refractivity contribution in [3.8, 4) is 0 Å². The molecule has 0 aromatic carbocycles. The highest BCUT2D eigenvalue weighted by Crippen LogP contribution is 2.10. The highest BCUT2D eigenvalue weighted by molar-refractivity contribution is 6.80. The van der Waals surface area contributed by atoms with Gasteiger partial charge in [-0.2, -0.15) is 0 Å². The third-order valence-corrected chi connectivity index (χ3v) is 9.35. The Kier molecular flexibility index (Phi) is 6.66. The summed E-state index contributed by atoms with van der Waals surface area (Å²) in [6.07, 6.45) is 0. The van der Waals surface area contributed by atoms with Crippen LogP contribution in [0.15, 0.2) is 0 Å². The maximum Gasteiger partial charge on any atom is 0.297 e. The van der Waals surface area contributed by atoms with Gasteiger partial charge in [-0.05, 0) is 45.8 Å². The van der Waals surface area contributed by atoms with Gasteiger partial charge >= 0.3 is 0 Å². The molecule has 0 aliphatic heterocycles. The summed E-state index contributed by atoms with van der Waals surface area (Å²) in [5.74, 6) is 0. The average Bonchev–Trinajstić information content (AvgIpc) is 1.49. The zero-order valence-corrected chi connectivity index (χ0v) is 13.0. The molecule has 0 heterocycles.